The van der Waals surface area contributed by atoms with E-state index in [2.05, 4.69) is 5.32 Å². The molecule has 0 saturated carbocycles. The van der Waals surface area contributed by atoms with E-state index in [9.17, 15) is 35.4 Å². The lowest BCUT2D eigenvalue weighted by molar-refractivity contribution is -0.288. The highest BCUT2D eigenvalue weighted by molar-refractivity contribution is 6.07. The average molecular weight is 586 g/mol. The maximum Gasteiger partial charge on any atom is 0.229 e. The molecule has 11 nitrogen and oxygen atoms in total. The van der Waals surface area contributed by atoms with E-state index in [1.807, 2.05) is 30.3 Å². The summed E-state index contributed by atoms with van der Waals surface area (Å²) in [4.78, 5) is 12.3. The molecule has 7 N–H and O–H groups in total. The number of fused-ring (bicyclic) bond motifs is 1. The van der Waals surface area contributed by atoms with Gasteiger partial charge in [0, 0.05) is 18.7 Å². The quantitative estimate of drug-likeness (QED) is 0.163. The number of carbonyl (C=O) groups is 1. The van der Waals surface area contributed by atoms with E-state index >= 15 is 0 Å². The Morgan fingerprint density at radius 3 is 2.36 bits per heavy atom. The molecule has 3 aromatic carbocycles. The molecule has 8 atom stereocenters. The Morgan fingerprint density at radius 1 is 1.05 bits per heavy atom. The van der Waals surface area contributed by atoms with Gasteiger partial charge < -0.3 is 50.2 Å². The Hall–Kier alpha value is -3.29. The van der Waals surface area contributed by atoms with E-state index in [1.165, 1.54) is 20.1 Å². The summed E-state index contributed by atoms with van der Waals surface area (Å²) in [6, 6.07) is 13.6. The standard InChI is InChI=1S/C31H39NO10/c1-15-10-19-11-20(40-4)12-23(25(19)26(36)24(15)17(3)34)41-31-29(39)27(37)28(38)30(42-31)22(35)13-21(32-14-16(2)33)18-8-6-5-7-9-18/h5-12,16,21-22,27-33,35-39H,13-14H2,1-4H3. The van der Waals surface area contributed by atoms with Crippen molar-refractivity contribution >= 4 is 16.6 Å². The molecular formula is C31H39NO10. The molecule has 0 bridgehead atoms. The summed E-state index contributed by atoms with van der Waals surface area (Å²) in [5.41, 5.74) is 1.47. The van der Waals surface area contributed by atoms with Gasteiger partial charge in [0.05, 0.1) is 30.3 Å². The number of benzene rings is 3. The highest BCUT2D eigenvalue weighted by atomic mass is 16.7. The molecular weight excluding hydrogens is 546 g/mol. The van der Waals surface area contributed by atoms with E-state index in [4.69, 9.17) is 14.2 Å². The third-order valence-electron chi connectivity index (χ3n) is 7.50. The molecule has 0 aliphatic carbocycles. The lowest BCUT2D eigenvalue weighted by atomic mass is 9.90. The maximum atomic E-state index is 12.3. The number of carbonyl (C=O) groups excluding carboxylic acids is 1. The molecule has 8 unspecified atom stereocenters. The van der Waals surface area contributed by atoms with Crippen LogP contribution in [0.15, 0.2) is 48.5 Å². The van der Waals surface area contributed by atoms with Crippen molar-refractivity contribution in [1.82, 2.24) is 5.32 Å². The first-order valence-corrected chi connectivity index (χ1v) is 13.8. The minimum atomic E-state index is -1.75. The summed E-state index contributed by atoms with van der Waals surface area (Å²) in [6.45, 7) is 4.88. The SMILES string of the molecule is COc1cc(OC2OC(C(O)CC(NCC(C)O)c3ccccc3)C(O)C(O)C2O)c2c(O)c(C(C)=O)c(C)cc2c1. The monoisotopic (exact) mass is 585 g/mol. The van der Waals surface area contributed by atoms with Crippen molar-refractivity contribution in [3.63, 3.8) is 0 Å². The molecule has 228 valence electrons. The molecule has 11 heteroatoms. The summed E-state index contributed by atoms with van der Waals surface area (Å²) < 4.78 is 17.2. The third-order valence-corrected chi connectivity index (χ3v) is 7.50. The molecule has 4 rings (SSSR count). The number of hydrogen-bond acceptors (Lipinski definition) is 11. The Kier molecular flexibility index (Phi) is 10.1. The Bertz CT molecular complexity index is 1380. The number of aryl methyl sites for hydroxylation is 1. The largest absolute Gasteiger partial charge is 0.506 e. The fourth-order valence-electron chi connectivity index (χ4n) is 5.38. The molecule has 3 aromatic rings. The Labute approximate surface area is 243 Å². The van der Waals surface area contributed by atoms with Crippen LogP contribution < -0.4 is 14.8 Å². The second-order valence-corrected chi connectivity index (χ2v) is 10.8. The van der Waals surface area contributed by atoms with Crippen molar-refractivity contribution in [2.24, 2.45) is 0 Å². The van der Waals surface area contributed by atoms with Gasteiger partial charge >= 0.3 is 0 Å². The molecule has 1 aliphatic rings. The van der Waals surface area contributed by atoms with Gasteiger partial charge in [-0.2, -0.15) is 0 Å². The molecule has 42 heavy (non-hydrogen) atoms. The molecule has 1 aliphatic heterocycles. The predicted molar refractivity (Wildman–Crippen MR) is 154 cm³/mol. The van der Waals surface area contributed by atoms with Crippen molar-refractivity contribution in [2.75, 3.05) is 13.7 Å². The number of ketones is 1. The first-order valence-electron chi connectivity index (χ1n) is 13.8. The number of aliphatic hydroxyl groups is 5. The number of aliphatic hydroxyl groups excluding tert-OH is 5. The van der Waals surface area contributed by atoms with Crippen LogP contribution in [0.1, 0.15) is 47.8 Å². The summed E-state index contributed by atoms with van der Waals surface area (Å²) in [7, 11) is 1.44. The van der Waals surface area contributed by atoms with Crippen molar-refractivity contribution < 1.29 is 49.6 Å². The number of rotatable bonds is 11. The maximum absolute atomic E-state index is 12.3. The van der Waals surface area contributed by atoms with Gasteiger partial charge in [0.2, 0.25) is 6.29 Å². The minimum absolute atomic E-state index is 0.00834. The zero-order valence-corrected chi connectivity index (χ0v) is 24.0. The van der Waals surface area contributed by atoms with Crippen LogP contribution in [0.5, 0.6) is 17.2 Å². The van der Waals surface area contributed by atoms with Gasteiger partial charge in [-0.25, -0.2) is 0 Å². The molecule has 1 heterocycles. The van der Waals surface area contributed by atoms with Crippen LogP contribution in [0.25, 0.3) is 10.8 Å². The summed E-state index contributed by atoms with van der Waals surface area (Å²) in [5, 5.41) is 68.2. The van der Waals surface area contributed by atoms with E-state index in [1.54, 1.807) is 26.0 Å². The van der Waals surface area contributed by atoms with Gasteiger partial charge in [0.1, 0.15) is 41.7 Å². The van der Waals surface area contributed by atoms with Crippen LogP contribution in [0, 0.1) is 6.92 Å². The zero-order chi connectivity index (χ0) is 30.7. The average Bonchev–Trinajstić information content (AvgIpc) is 2.95. The van der Waals surface area contributed by atoms with E-state index in [-0.39, 0.29) is 41.2 Å². The number of phenols is 1. The Morgan fingerprint density at radius 2 is 1.74 bits per heavy atom. The topological polar surface area (TPSA) is 178 Å². The fourth-order valence-corrected chi connectivity index (χ4v) is 5.38. The van der Waals surface area contributed by atoms with Crippen LogP contribution in [-0.2, 0) is 4.74 Å². The molecule has 1 fully saturated rings. The number of nitrogens with one attached hydrogen (secondary N) is 1. The van der Waals surface area contributed by atoms with E-state index in [0.717, 1.165) is 5.56 Å². The smallest absolute Gasteiger partial charge is 0.229 e. The number of ether oxygens (including phenoxy) is 3. The van der Waals surface area contributed by atoms with Crippen molar-refractivity contribution in [1.29, 1.82) is 0 Å². The van der Waals surface area contributed by atoms with Gasteiger partial charge in [-0.1, -0.05) is 36.4 Å². The molecule has 0 aromatic heterocycles. The highest BCUT2D eigenvalue weighted by Gasteiger charge is 2.48. The van der Waals surface area contributed by atoms with Gasteiger partial charge in [-0.3, -0.25) is 4.79 Å². The number of phenolic OH excluding ortho intramolecular Hbond substituents is 1. The zero-order valence-electron chi connectivity index (χ0n) is 24.0. The first kappa shape index (κ1) is 31.6. The van der Waals surface area contributed by atoms with Crippen LogP contribution in [0.4, 0.5) is 0 Å². The summed E-state index contributed by atoms with van der Waals surface area (Å²) >= 11 is 0. The van der Waals surface area contributed by atoms with Gasteiger partial charge in [-0.05, 0) is 49.8 Å². The Balaban J connectivity index is 1.65. The van der Waals surface area contributed by atoms with Crippen molar-refractivity contribution in [2.45, 2.75) is 76.1 Å². The molecule has 0 amide bonds. The summed E-state index contributed by atoms with van der Waals surface area (Å²) in [6.07, 6.45) is -10.1. The van der Waals surface area contributed by atoms with Crippen LogP contribution >= 0.6 is 0 Å². The normalized spacial score (nSPS) is 24.6. The van der Waals surface area contributed by atoms with Crippen molar-refractivity contribution in [3.8, 4) is 17.2 Å². The predicted octanol–water partition coefficient (Wildman–Crippen LogP) is 1.71. The van der Waals surface area contributed by atoms with E-state index in [0.29, 0.717) is 16.7 Å². The minimum Gasteiger partial charge on any atom is -0.506 e. The molecule has 0 spiro atoms. The van der Waals surface area contributed by atoms with E-state index < -0.39 is 49.0 Å². The molecule has 0 radical (unpaired) electrons. The number of hydrogen-bond donors (Lipinski definition) is 7. The lowest BCUT2D eigenvalue weighted by Gasteiger charge is -2.42. The lowest BCUT2D eigenvalue weighted by Crippen LogP contribution is -2.62. The molecule has 1 saturated heterocycles. The van der Waals surface area contributed by atoms with Gasteiger partial charge in [0.15, 0.2) is 5.78 Å². The second kappa shape index (κ2) is 13.3. The van der Waals surface area contributed by atoms with Gasteiger partial charge in [0.25, 0.3) is 0 Å². The van der Waals surface area contributed by atoms with Crippen LogP contribution in [0.2, 0.25) is 0 Å². The van der Waals surface area contributed by atoms with Crippen LogP contribution in [0.3, 0.4) is 0 Å². The first-order chi connectivity index (χ1) is 19.9. The van der Waals surface area contributed by atoms with Gasteiger partial charge in [-0.15, -0.1) is 0 Å². The highest BCUT2D eigenvalue weighted by Crippen LogP contribution is 2.42. The number of methoxy groups -OCH3 is 1. The third kappa shape index (κ3) is 6.68. The number of Topliss-reactive ketones (excluding diaryl/α,β-unsaturated/α-hetero) is 1. The summed E-state index contributed by atoms with van der Waals surface area (Å²) in [5.74, 6) is -0.343. The second-order valence-electron chi connectivity index (χ2n) is 10.8. The van der Waals surface area contributed by atoms with Crippen molar-refractivity contribution in [3.05, 3.63) is 65.2 Å². The van der Waals surface area contributed by atoms with Crippen LogP contribution in [-0.4, -0.2) is 93.0 Å². The fraction of sp³-hybridized carbons (Fsp3) is 0.452. The number of aromatic hydroxyl groups is 1.